The fourth-order valence-corrected chi connectivity index (χ4v) is 3.31. The maximum Gasteiger partial charge on any atom is 0.415 e. The number of sulfonamides is 1. The molecule has 2 unspecified atom stereocenters. The molecule has 1 aromatic heterocycles. The quantitative estimate of drug-likeness (QED) is 0.705. The predicted octanol–water partition coefficient (Wildman–Crippen LogP) is -0.936. The zero-order valence-corrected chi connectivity index (χ0v) is 13.3. The van der Waals surface area contributed by atoms with Crippen LogP contribution in [0.5, 0.6) is 0 Å². The molecule has 1 aromatic rings. The minimum absolute atomic E-state index is 0.369. The van der Waals surface area contributed by atoms with Gasteiger partial charge in [-0.05, 0) is 6.42 Å². The van der Waals surface area contributed by atoms with Crippen LogP contribution in [0.4, 0.5) is 13.2 Å². The molecular weight excluding hydrogens is 343 g/mol. The first-order valence-corrected chi connectivity index (χ1v) is 7.85. The molecule has 0 aliphatic heterocycles. The molecule has 0 fully saturated rings. The fraction of sp³-hybridized carbons (Fsp3) is 0.636. The molecule has 0 spiro atoms. The molecule has 2 atom stereocenters. The van der Waals surface area contributed by atoms with Crippen LogP contribution in [0.15, 0.2) is 20.7 Å². The maximum atomic E-state index is 12.5. The van der Waals surface area contributed by atoms with Crippen molar-refractivity contribution in [2.75, 3.05) is 0 Å². The molecule has 0 aromatic carbocycles. The summed E-state index contributed by atoms with van der Waals surface area (Å²) in [6.07, 6.45) is -7.62. The Morgan fingerprint density at radius 1 is 1.30 bits per heavy atom. The number of alkyl halides is 3. The average Bonchev–Trinajstić information content (AvgIpc) is 2.44. The van der Waals surface area contributed by atoms with Crippen molar-refractivity contribution < 1.29 is 26.7 Å². The van der Waals surface area contributed by atoms with E-state index in [2.05, 4.69) is 0 Å². The molecule has 0 saturated heterocycles. The minimum Gasteiger partial charge on any atom is -0.382 e. The summed E-state index contributed by atoms with van der Waals surface area (Å²) in [6, 6.07) is -1.87. The number of nitrogens with zero attached hydrogens (tertiary/aromatic N) is 2. The summed E-state index contributed by atoms with van der Waals surface area (Å²) in [7, 11) is -2.46. The molecule has 0 radical (unpaired) electrons. The number of aliphatic hydroxyl groups is 1. The van der Waals surface area contributed by atoms with Crippen LogP contribution in [-0.4, -0.2) is 41.0 Å². The van der Waals surface area contributed by atoms with E-state index in [0.717, 1.165) is 11.6 Å². The summed E-state index contributed by atoms with van der Waals surface area (Å²) in [6.45, 7) is 1.24. The van der Waals surface area contributed by atoms with Crippen LogP contribution in [-0.2, 0) is 24.1 Å². The van der Waals surface area contributed by atoms with Gasteiger partial charge in [0.25, 0.3) is 5.56 Å². The second kappa shape index (κ2) is 6.45. The van der Waals surface area contributed by atoms with E-state index in [4.69, 9.17) is 0 Å². The highest BCUT2D eigenvalue weighted by Crippen LogP contribution is 2.24. The highest BCUT2D eigenvalue weighted by molar-refractivity contribution is 7.89. The summed E-state index contributed by atoms with van der Waals surface area (Å²) < 4.78 is 64.9. The van der Waals surface area contributed by atoms with E-state index in [1.807, 2.05) is 0 Å². The molecule has 23 heavy (non-hydrogen) atoms. The zero-order chi connectivity index (χ0) is 18.2. The second-order valence-corrected chi connectivity index (χ2v) is 6.56. The number of nitrogens with one attached hydrogen (secondary N) is 1. The normalized spacial score (nSPS) is 15.4. The Labute approximate surface area is 129 Å². The first-order valence-electron chi connectivity index (χ1n) is 6.36. The predicted molar refractivity (Wildman–Crippen MR) is 73.4 cm³/mol. The number of hydrogen-bond donors (Lipinski definition) is 2. The van der Waals surface area contributed by atoms with Crippen molar-refractivity contribution >= 4 is 10.0 Å². The van der Waals surface area contributed by atoms with Crippen LogP contribution in [0.25, 0.3) is 0 Å². The van der Waals surface area contributed by atoms with Crippen molar-refractivity contribution in [2.45, 2.75) is 36.6 Å². The van der Waals surface area contributed by atoms with Crippen molar-refractivity contribution in [3.8, 4) is 0 Å². The van der Waals surface area contributed by atoms with E-state index in [1.54, 1.807) is 4.72 Å². The van der Waals surface area contributed by atoms with Gasteiger partial charge in [0, 0.05) is 20.3 Å². The molecule has 0 amide bonds. The van der Waals surface area contributed by atoms with Gasteiger partial charge < -0.3 is 9.67 Å². The summed E-state index contributed by atoms with van der Waals surface area (Å²) >= 11 is 0. The van der Waals surface area contributed by atoms with Crippen molar-refractivity contribution in [2.24, 2.45) is 14.1 Å². The molecule has 12 heteroatoms. The summed E-state index contributed by atoms with van der Waals surface area (Å²) in [5.41, 5.74) is -1.98. The molecule has 8 nitrogen and oxygen atoms in total. The van der Waals surface area contributed by atoms with Gasteiger partial charge >= 0.3 is 11.9 Å². The van der Waals surface area contributed by atoms with Gasteiger partial charge in [0.15, 0.2) is 11.0 Å². The van der Waals surface area contributed by atoms with E-state index >= 15 is 0 Å². The van der Waals surface area contributed by atoms with Gasteiger partial charge in [0.1, 0.15) is 0 Å². The Bertz CT molecular complexity index is 797. The smallest absolute Gasteiger partial charge is 0.382 e. The van der Waals surface area contributed by atoms with Crippen LogP contribution in [0.2, 0.25) is 0 Å². The highest BCUT2D eigenvalue weighted by atomic mass is 32.2. The zero-order valence-electron chi connectivity index (χ0n) is 12.5. The molecule has 2 N–H and O–H groups in total. The first kappa shape index (κ1) is 19.4. The topological polar surface area (TPSA) is 110 Å². The number of aliphatic hydroxyl groups excluding tert-OH is 1. The third kappa shape index (κ3) is 4.00. The summed E-state index contributed by atoms with van der Waals surface area (Å²) in [5.74, 6) is 0. The van der Waals surface area contributed by atoms with Crippen LogP contribution in [0, 0.1) is 0 Å². The Morgan fingerprint density at radius 3 is 2.26 bits per heavy atom. The average molecular weight is 359 g/mol. The maximum absolute atomic E-state index is 12.5. The van der Waals surface area contributed by atoms with E-state index in [1.165, 1.54) is 14.0 Å². The lowest BCUT2D eigenvalue weighted by Gasteiger charge is -2.24. The van der Waals surface area contributed by atoms with Crippen molar-refractivity contribution in [3.63, 3.8) is 0 Å². The van der Waals surface area contributed by atoms with E-state index in [-0.39, 0.29) is 6.42 Å². The van der Waals surface area contributed by atoms with Crippen molar-refractivity contribution in [1.29, 1.82) is 0 Å². The number of halogens is 3. The van der Waals surface area contributed by atoms with Crippen molar-refractivity contribution in [1.82, 2.24) is 13.9 Å². The van der Waals surface area contributed by atoms with Gasteiger partial charge in [-0.25, -0.2) is 17.9 Å². The van der Waals surface area contributed by atoms with Crippen LogP contribution < -0.4 is 16.0 Å². The lowest BCUT2D eigenvalue weighted by molar-refractivity contribution is -0.210. The monoisotopic (exact) mass is 359 g/mol. The fourth-order valence-electron chi connectivity index (χ4n) is 1.82. The number of aryl methyl sites for hydroxylation is 1. The van der Waals surface area contributed by atoms with Crippen LogP contribution in [0.3, 0.4) is 0 Å². The first-order chi connectivity index (χ1) is 10.3. The molecule has 0 bridgehead atoms. The third-order valence-corrected chi connectivity index (χ3v) is 4.64. The highest BCUT2D eigenvalue weighted by Gasteiger charge is 2.44. The summed E-state index contributed by atoms with van der Waals surface area (Å²) in [5, 5.41) is 9.19. The molecule has 132 valence electrons. The lowest BCUT2D eigenvalue weighted by atomic mass is 10.1. The van der Waals surface area contributed by atoms with Gasteiger partial charge in [-0.2, -0.15) is 13.2 Å². The van der Waals surface area contributed by atoms with Crippen LogP contribution >= 0.6 is 0 Å². The van der Waals surface area contributed by atoms with Gasteiger partial charge in [-0.15, -0.1) is 0 Å². The summed E-state index contributed by atoms with van der Waals surface area (Å²) in [4.78, 5) is 22.5. The standard InChI is InChI=1S/C11H16F3N3O5S/c1-4-6(8(18)11(12,13)14)15-23(21,22)7-5-16(2)10(20)17(3)9(7)19/h5-6,8,15,18H,4H2,1-3H3. The number of aromatic nitrogens is 2. The third-order valence-electron chi connectivity index (χ3n) is 3.17. The van der Waals surface area contributed by atoms with Gasteiger partial charge in [0.2, 0.25) is 10.0 Å². The van der Waals surface area contributed by atoms with E-state index in [9.17, 15) is 36.3 Å². The lowest BCUT2D eigenvalue weighted by Crippen LogP contribution is -2.51. The largest absolute Gasteiger partial charge is 0.415 e. The molecule has 1 rings (SSSR count). The van der Waals surface area contributed by atoms with Gasteiger partial charge in [-0.3, -0.25) is 9.36 Å². The second-order valence-electron chi connectivity index (χ2n) is 4.87. The van der Waals surface area contributed by atoms with Crippen LogP contribution in [0.1, 0.15) is 13.3 Å². The molecular formula is C11H16F3N3O5S. The van der Waals surface area contributed by atoms with Crippen molar-refractivity contribution in [3.05, 3.63) is 27.0 Å². The Balaban J connectivity index is 3.34. The van der Waals surface area contributed by atoms with E-state index in [0.29, 0.717) is 10.8 Å². The molecule has 1 heterocycles. The van der Waals surface area contributed by atoms with Gasteiger partial charge in [0.05, 0.1) is 6.04 Å². The Morgan fingerprint density at radius 2 is 1.83 bits per heavy atom. The van der Waals surface area contributed by atoms with Gasteiger partial charge in [-0.1, -0.05) is 6.92 Å². The Hall–Kier alpha value is -1.66. The number of rotatable bonds is 5. The molecule has 0 aliphatic rings. The Kier molecular flexibility index (Phi) is 5.44. The number of hydrogen-bond acceptors (Lipinski definition) is 5. The minimum atomic E-state index is -5.03. The SMILES string of the molecule is CCC(NS(=O)(=O)c1cn(C)c(=O)n(C)c1=O)C(O)C(F)(F)F. The molecule has 0 aliphatic carbocycles. The van der Waals surface area contributed by atoms with E-state index < -0.39 is 44.5 Å². The molecule has 0 saturated carbocycles.